The summed E-state index contributed by atoms with van der Waals surface area (Å²) in [6.07, 6.45) is 0.403. The van der Waals surface area contributed by atoms with Crippen LogP contribution in [0, 0.1) is 5.41 Å². The highest BCUT2D eigenvalue weighted by atomic mass is 16.3. The van der Waals surface area contributed by atoms with E-state index in [9.17, 15) is 0 Å². The van der Waals surface area contributed by atoms with Crippen molar-refractivity contribution in [2.75, 3.05) is 0 Å². The molecule has 0 aliphatic heterocycles. The summed E-state index contributed by atoms with van der Waals surface area (Å²) in [6.45, 7) is 5.78. The summed E-state index contributed by atoms with van der Waals surface area (Å²) in [5, 5.41) is 4.59. The standard InChI is InChI=1S/C32H27NO/c1-32(2,3)20-21-11-13-22(14-12-21)24-17-18-33-28(19-24)26-9-6-10-27-30-25-8-5-4-7-23(25)15-16-29(30)34-31(26)27/h4-19H,20H2,1-3H3/i20D2. The van der Waals surface area contributed by atoms with Crippen LogP contribution in [0.1, 0.15) is 29.1 Å². The number of rotatable bonds is 3. The Hall–Kier alpha value is -3.91. The molecular weight excluding hydrogens is 414 g/mol. The third-order valence-electron chi connectivity index (χ3n) is 6.16. The number of nitrogens with zero attached hydrogens (tertiary/aromatic N) is 1. The normalized spacial score (nSPS) is 13.4. The lowest BCUT2D eigenvalue weighted by atomic mass is 9.87. The van der Waals surface area contributed by atoms with Crippen LogP contribution >= 0.6 is 0 Å². The fourth-order valence-electron chi connectivity index (χ4n) is 4.71. The second-order valence-electron chi connectivity index (χ2n) is 9.83. The van der Waals surface area contributed by atoms with Crippen molar-refractivity contribution in [3.63, 3.8) is 0 Å². The summed E-state index contributed by atoms with van der Waals surface area (Å²) < 4.78 is 23.5. The van der Waals surface area contributed by atoms with Crippen LogP contribution in [0.2, 0.25) is 0 Å². The number of para-hydroxylation sites is 1. The molecule has 34 heavy (non-hydrogen) atoms. The van der Waals surface area contributed by atoms with Crippen molar-refractivity contribution in [1.29, 1.82) is 0 Å². The van der Waals surface area contributed by atoms with Crippen molar-refractivity contribution < 1.29 is 7.16 Å². The molecule has 0 saturated carbocycles. The van der Waals surface area contributed by atoms with Crippen LogP contribution in [-0.2, 0) is 6.37 Å². The fourth-order valence-corrected chi connectivity index (χ4v) is 4.71. The average molecular weight is 444 g/mol. The lowest BCUT2D eigenvalue weighted by Crippen LogP contribution is -2.08. The van der Waals surface area contributed by atoms with Crippen LogP contribution in [0.5, 0.6) is 0 Å². The second kappa shape index (κ2) is 7.85. The molecule has 0 saturated heterocycles. The summed E-state index contributed by atoms with van der Waals surface area (Å²) in [4.78, 5) is 4.69. The van der Waals surface area contributed by atoms with Gasteiger partial charge in [0.1, 0.15) is 11.2 Å². The highest BCUT2D eigenvalue weighted by molar-refractivity contribution is 6.20. The molecule has 2 nitrogen and oxygen atoms in total. The maximum Gasteiger partial charge on any atom is 0.144 e. The third-order valence-corrected chi connectivity index (χ3v) is 6.16. The molecule has 2 heterocycles. The molecule has 0 aliphatic carbocycles. The molecule has 0 fully saturated rings. The lowest BCUT2D eigenvalue weighted by molar-refractivity contribution is 0.411. The van der Waals surface area contributed by atoms with Gasteiger partial charge < -0.3 is 4.42 Å². The Balaban J connectivity index is 1.45. The van der Waals surface area contributed by atoms with Crippen LogP contribution in [0.15, 0.2) is 102 Å². The van der Waals surface area contributed by atoms with Crippen LogP contribution < -0.4 is 0 Å². The van der Waals surface area contributed by atoms with E-state index in [1.807, 2.05) is 63.4 Å². The molecule has 0 atom stereocenters. The van der Waals surface area contributed by atoms with E-state index < -0.39 is 11.8 Å². The van der Waals surface area contributed by atoms with Gasteiger partial charge in [-0.15, -0.1) is 0 Å². The van der Waals surface area contributed by atoms with Gasteiger partial charge in [-0.05, 0) is 63.5 Å². The van der Waals surface area contributed by atoms with Gasteiger partial charge in [-0.25, -0.2) is 0 Å². The Labute approximate surface area is 202 Å². The maximum atomic E-state index is 8.56. The first-order chi connectivity index (χ1) is 17.2. The van der Waals surface area contributed by atoms with Crippen molar-refractivity contribution in [3.05, 3.63) is 103 Å². The Morgan fingerprint density at radius 1 is 0.794 bits per heavy atom. The maximum absolute atomic E-state index is 8.56. The Bertz CT molecular complexity index is 1740. The van der Waals surface area contributed by atoms with Crippen LogP contribution in [0.4, 0.5) is 0 Å². The van der Waals surface area contributed by atoms with Crippen molar-refractivity contribution in [1.82, 2.24) is 4.98 Å². The third kappa shape index (κ3) is 3.66. The highest BCUT2D eigenvalue weighted by Gasteiger charge is 2.16. The summed E-state index contributed by atoms with van der Waals surface area (Å²) in [7, 11) is 0. The molecule has 0 radical (unpaired) electrons. The van der Waals surface area contributed by atoms with Gasteiger partial charge in [0.2, 0.25) is 0 Å². The zero-order chi connectivity index (χ0) is 25.1. The molecule has 166 valence electrons. The van der Waals surface area contributed by atoms with E-state index in [4.69, 9.17) is 7.16 Å². The van der Waals surface area contributed by atoms with Gasteiger partial charge in [-0.1, -0.05) is 87.5 Å². The number of hydrogen-bond acceptors (Lipinski definition) is 2. The Morgan fingerprint density at radius 3 is 2.41 bits per heavy atom. The number of pyridine rings is 1. The van der Waals surface area contributed by atoms with Gasteiger partial charge in [0.05, 0.1) is 5.69 Å². The highest BCUT2D eigenvalue weighted by Crippen LogP contribution is 2.39. The first kappa shape index (κ1) is 18.5. The second-order valence-corrected chi connectivity index (χ2v) is 9.83. The van der Waals surface area contributed by atoms with E-state index in [0.29, 0.717) is 5.56 Å². The van der Waals surface area contributed by atoms with Gasteiger partial charge in [0.15, 0.2) is 0 Å². The van der Waals surface area contributed by atoms with Gasteiger partial charge in [-0.2, -0.15) is 0 Å². The lowest BCUT2D eigenvalue weighted by Gasteiger charge is -2.18. The zero-order valence-corrected chi connectivity index (χ0v) is 19.6. The van der Waals surface area contributed by atoms with Gasteiger partial charge in [0.25, 0.3) is 0 Å². The number of hydrogen-bond donors (Lipinski definition) is 0. The smallest absolute Gasteiger partial charge is 0.144 e. The molecule has 2 heteroatoms. The molecular formula is C32H27NO. The SMILES string of the molecule is [2H]C([2H])(c1ccc(-c2ccnc(-c3cccc4c3oc3ccc5ccccc5c34)c2)cc1)C(C)(C)C. The van der Waals surface area contributed by atoms with Gasteiger partial charge in [0, 0.05) is 25.3 Å². The van der Waals surface area contributed by atoms with Gasteiger partial charge >= 0.3 is 0 Å². The van der Waals surface area contributed by atoms with Crippen molar-refractivity contribution >= 4 is 32.7 Å². The predicted octanol–water partition coefficient (Wildman–Crippen LogP) is 9.06. The molecule has 6 rings (SSSR count). The van der Waals surface area contributed by atoms with E-state index in [1.54, 1.807) is 0 Å². The zero-order valence-electron chi connectivity index (χ0n) is 21.6. The minimum absolute atomic E-state index is 0.491. The summed E-state index contributed by atoms with van der Waals surface area (Å²) in [5.41, 5.74) is 5.75. The molecule has 0 spiro atoms. The monoisotopic (exact) mass is 443 g/mol. The summed E-state index contributed by atoms with van der Waals surface area (Å²) >= 11 is 0. The quantitative estimate of drug-likeness (QED) is 0.273. The molecule has 0 bridgehead atoms. The van der Waals surface area contributed by atoms with Crippen LogP contribution in [0.25, 0.3) is 55.1 Å². The molecule has 6 aromatic rings. The predicted molar refractivity (Wildman–Crippen MR) is 143 cm³/mol. The van der Waals surface area contributed by atoms with E-state index in [2.05, 4.69) is 59.6 Å². The molecule has 0 aliphatic rings. The average Bonchev–Trinajstić information content (AvgIpc) is 3.27. The van der Waals surface area contributed by atoms with Crippen LogP contribution in [0.3, 0.4) is 0 Å². The number of fused-ring (bicyclic) bond motifs is 5. The fraction of sp³-hybridized carbons (Fsp3) is 0.156. The largest absolute Gasteiger partial charge is 0.455 e. The molecule has 0 amide bonds. The number of benzene rings is 4. The summed E-state index contributed by atoms with van der Waals surface area (Å²) in [5.74, 6) is 0. The topological polar surface area (TPSA) is 26.0 Å². The van der Waals surface area contributed by atoms with E-state index in [-0.39, 0.29) is 0 Å². The summed E-state index contributed by atoms with van der Waals surface area (Å²) in [6, 6.07) is 30.6. The van der Waals surface area contributed by atoms with E-state index in [1.165, 1.54) is 10.8 Å². The Kier molecular flexibility index (Phi) is 4.27. The minimum Gasteiger partial charge on any atom is -0.455 e. The number of furan rings is 1. The first-order valence-corrected chi connectivity index (χ1v) is 11.6. The van der Waals surface area contributed by atoms with Gasteiger partial charge in [-0.3, -0.25) is 4.98 Å². The number of aromatic nitrogens is 1. The van der Waals surface area contributed by atoms with Crippen molar-refractivity contribution in [3.8, 4) is 22.4 Å². The van der Waals surface area contributed by atoms with E-state index in [0.717, 1.165) is 44.3 Å². The molecule has 0 unspecified atom stereocenters. The van der Waals surface area contributed by atoms with Crippen LogP contribution in [-0.4, -0.2) is 4.98 Å². The van der Waals surface area contributed by atoms with Crippen molar-refractivity contribution in [2.24, 2.45) is 5.41 Å². The Morgan fingerprint density at radius 2 is 1.59 bits per heavy atom. The molecule has 0 N–H and O–H groups in total. The minimum atomic E-state index is -1.42. The molecule has 4 aromatic carbocycles. The molecule has 2 aromatic heterocycles. The van der Waals surface area contributed by atoms with Crippen molar-refractivity contribution in [2.45, 2.75) is 27.1 Å². The first-order valence-electron chi connectivity index (χ1n) is 12.6. The van der Waals surface area contributed by atoms with E-state index >= 15 is 0 Å².